The fraction of sp³-hybridized carbons (Fsp3) is 0.627. The SMILES string of the molecule is CCCCCCCCCCCCOc1cc(/C=C/c2ccc(/C=C/c3ccc(CO)cc3)cc2)cc(OCCCCCCCCCCCC)c1OCCCCCCCCCCCC. The van der Waals surface area contributed by atoms with Gasteiger partial charge in [-0.1, -0.05) is 267 Å². The number of hydrogen-bond donors (Lipinski definition) is 1. The van der Waals surface area contributed by atoms with Crippen LogP contribution in [0.3, 0.4) is 0 Å². The van der Waals surface area contributed by atoms with Crippen LogP contribution < -0.4 is 14.2 Å². The number of unbranched alkanes of at least 4 members (excludes halogenated alkanes) is 27. The maximum absolute atomic E-state index is 9.36. The average Bonchev–Trinajstić information content (AvgIpc) is 3.31. The molecule has 0 fully saturated rings. The Kier molecular flexibility index (Phi) is 32.3. The molecule has 63 heavy (non-hydrogen) atoms. The molecule has 0 amide bonds. The van der Waals surface area contributed by atoms with Crippen LogP contribution in [-0.4, -0.2) is 24.9 Å². The molecule has 0 radical (unpaired) electrons. The number of aliphatic hydroxyl groups is 1. The van der Waals surface area contributed by atoms with Crippen LogP contribution in [0, 0.1) is 0 Å². The molecule has 1 N–H and O–H groups in total. The highest BCUT2D eigenvalue weighted by Crippen LogP contribution is 2.40. The topological polar surface area (TPSA) is 47.9 Å². The number of aliphatic hydroxyl groups excluding tert-OH is 1. The van der Waals surface area contributed by atoms with E-state index in [1.807, 2.05) is 24.3 Å². The van der Waals surface area contributed by atoms with Crippen molar-refractivity contribution in [1.29, 1.82) is 0 Å². The Morgan fingerprint density at radius 3 is 0.921 bits per heavy atom. The Morgan fingerprint density at radius 1 is 0.333 bits per heavy atom. The maximum atomic E-state index is 9.36. The van der Waals surface area contributed by atoms with Crippen LogP contribution in [-0.2, 0) is 6.61 Å². The van der Waals surface area contributed by atoms with E-state index < -0.39 is 0 Å². The molecule has 0 saturated carbocycles. The van der Waals surface area contributed by atoms with Gasteiger partial charge in [0.15, 0.2) is 11.5 Å². The first-order chi connectivity index (χ1) is 31.2. The summed E-state index contributed by atoms with van der Waals surface area (Å²) in [7, 11) is 0. The lowest BCUT2D eigenvalue weighted by Gasteiger charge is -2.18. The summed E-state index contributed by atoms with van der Waals surface area (Å²) >= 11 is 0. The molecule has 0 saturated heterocycles. The van der Waals surface area contributed by atoms with E-state index in [2.05, 4.69) is 81.5 Å². The first-order valence-electron chi connectivity index (χ1n) is 26.4. The second kappa shape index (κ2) is 37.8. The number of benzene rings is 3. The van der Waals surface area contributed by atoms with E-state index in [1.165, 1.54) is 173 Å². The maximum Gasteiger partial charge on any atom is 0.203 e. The summed E-state index contributed by atoms with van der Waals surface area (Å²) < 4.78 is 19.9. The standard InChI is InChI=1S/C59H92O4/c1-4-7-10-13-16-19-22-25-28-31-46-61-57-49-56(45-42-53-37-34-52(35-38-53)36-39-54-40-43-55(51-60)44-41-54)50-58(62-47-32-29-26-23-20-17-14-11-8-5-2)59(57)63-48-33-30-27-24-21-18-15-12-9-6-3/h34-45,49-50,60H,4-33,46-48,51H2,1-3H3/b39-36+,45-42+. The lowest BCUT2D eigenvalue weighted by molar-refractivity contribution is 0.234. The van der Waals surface area contributed by atoms with Crippen LogP contribution in [0.15, 0.2) is 60.7 Å². The minimum absolute atomic E-state index is 0.0673. The summed E-state index contributed by atoms with van der Waals surface area (Å²) in [6.07, 6.45) is 47.8. The van der Waals surface area contributed by atoms with Gasteiger partial charge in [-0.15, -0.1) is 0 Å². The quantitative estimate of drug-likeness (QED) is 0.0456. The van der Waals surface area contributed by atoms with Crippen molar-refractivity contribution >= 4 is 24.3 Å². The molecule has 3 rings (SSSR count). The first-order valence-corrected chi connectivity index (χ1v) is 26.4. The molecule has 3 aromatic carbocycles. The van der Waals surface area contributed by atoms with E-state index in [-0.39, 0.29) is 6.61 Å². The Labute approximate surface area is 387 Å². The van der Waals surface area contributed by atoms with Gasteiger partial charge in [0.1, 0.15) is 0 Å². The molecule has 0 aromatic heterocycles. The van der Waals surface area contributed by atoms with E-state index in [1.54, 1.807) is 0 Å². The summed E-state index contributed by atoms with van der Waals surface area (Å²) in [6.45, 7) is 9.00. The number of rotatable bonds is 41. The van der Waals surface area contributed by atoms with E-state index in [9.17, 15) is 5.11 Å². The average molecular weight is 865 g/mol. The minimum Gasteiger partial charge on any atom is -0.490 e. The zero-order valence-electron chi connectivity index (χ0n) is 40.8. The monoisotopic (exact) mass is 865 g/mol. The second-order valence-corrected chi connectivity index (χ2v) is 18.2. The van der Waals surface area contributed by atoms with Gasteiger partial charge in [0, 0.05) is 0 Å². The van der Waals surface area contributed by atoms with Crippen molar-refractivity contribution in [3.8, 4) is 17.2 Å². The molecule has 352 valence electrons. The van der Waals surface area contributed by atoms with Crippen LogP contribution >= 0.6 is 0 Å². The van der Waals surface area contributed by atoms with Crippen molar-refractivity contribution in [3.05, 3.63) is 88.5 Å². The predicted octanol–water partition coefficient (Wildman–Crippen LogP) is 18.4. The smallest absolute Gasteiger partial charge is 0.203 e. The van der Waals surface area contributed by atoms with Crippen molar-refractivity contribution < 1.29 is 19.3 Å². The first kappa shape index (κ1) is 53.8. The van der Waals surface area contributed by atoms with Gasteiger partial charge >= 0.3 is 0 Å². The molecule has 0 spiro atoms. The van der Waals surface area contributed by atoms with Crippen molar-refractivity contribution in [2.75, 3.05) is 19.8 Å². The van der Waals surface area contributed by atoms with E-state index in [4.69, 9.17) is 14.2 Å². The van der Waals surface area contributed by atoms with E-state index >= 15 is 0 Å². The summed E-state index contributed by atoms with van der Waals surface area (Å²) in [4.78, 5) is 0. The molecule has 0 bridgehead atoms. The Hall–Kier alpha value is -3.50. The Balaban J connectivity index is 1.68. The molecular formula is C59H92O4. The van der Waals surface area contributed by atoms with Gasteiger partial charge in [0.2, 0.25) is 5.75 Å². The van der Waals surface area contributed by atoms with Crippen molar-refractivity contribution in [1.82, 2.24) is 0 Å². The number of hydrogen-bond acceptors (Lipinski definition) is 4. The Morgan fingerprint density at radius 2 is 0.603 bits per heavy atom. The highest BCUT2D eigenvalue weighted by atomic mass is 16.5. The lowest BCUT2D eigenvalue weighted by Crippen LogP contribution is -2.07. The molecule has 4 nitrogen and oxygen atoms in total. The van der Waals surface area contributed by atoms with Crippen LogP contribution in [0.25, 0.3) is 24.3 Å². The summed E-state index contributed by atoms with van der Waals surface area (Å²) in [6, 6.07) is 21.0. The number of ether oxygens (including phenoxy) is 3. The third-order valence-corrected chi connectivity index (χ3v) is 12.3. The molecule has 4 heteroatoms. The highest BCUT2D eigenvalue weighted by Gasteiger charge is 2.16. The van der Waals surface area contributed by atoms with Crippen LogP contribution in [0.5, 0.6) is 17.2 Å². The van der Waals surface area contributed by atoms with Gasteiger partial charge in [-0.3, -0.25) is 0 Å². The normalized spacial score (nSPS) is 11.6. The predicted molar refractivity (Wildman–Crippen MR) is 275 cm³/mol. The summed E-state index contributed by atoms with van der Waals surface area (Å²) in [5.74, 6) is 2.40. The molecule has 0 aliphatic rings. The molecule has 0 unspecified atom stereocenters. The van der Waals surface area contributed by atoms with Gasteiger partial charge in [-0.05, 0) is 59.2 Å². The fourth-order valence-corrected chi connectivity index (χ4v) is 8.19. The van der Waals surface area contributed by atoms with Gasteiger partial charge < -0.3 is 19.3 Å². The fourth-order valence-electron chi connectivity index (χ4n) is 8.19. The molecule has 3 aromatic rings. The largest absolute Gasteiger partial charge is 0.490 e. The molecule has 0 heterocycles. The summed E-state index contributed by atoms with van der Waals surface area (Å²) in [5.41, 5.74) is 5.39. The lowest BCUT2D eigenvalue weighted by atomic mass is 10.1. The Bertz CT molecular complexity index is 1510. The zero-order chi connectivity index (χ0) is 44.7. The van der Waals surface area contributed by atoms with Gasteiger partial charge in [-0.25, -0.2) is 0 Å². The second-order valence-electron chi connectivity index (χ2n) is 18.2. The van der Waals surface area contributed by atoms with E-state index in [0.29, 0.717) is 19.8 Å². The molecular weight excluding hydrogens is 773 g/mol. The van der Waals surface area contributed by atoms with Crippen molar-refractivity contribution in [2.45, 2.75) is 220 Å². The third-order valence-electron chi connectivity index (χ3n) is 12.3. The highest BCUT2D eigenvalue weighted by molar-refractivity contribution is 5.74. The zero-order valence-corrected chi connectivity index (χ0v) is 40.8. The van der Waals surface area contributed by atoms with Gasteiger partial charge in [-0.2, -0.15) is 0 Å². The van der Waals surface area contributed by atoms with Crippen LogP contribution in [0.2, 0.25) is 0 Å². The minimum atomic E-state index is 0.0673. The van der Waals surface area contributed by atoms with Crippen LogP contribution in [0.1, 0.15) is 241 Å². The van der Waals surface area contributed by atoms with Crippen LogP contribution in [0.4, 0.5) is 0 Å². The summed E-state index contributed by atoms with van der Waals surface area (Å²) in [5, 5.41) is 9.36. The van der Waals surface area contributed by atoms with Crippen molar-refractivity contribution in [2.24, 2.45) is 0 Å². The van der Waals surface area contributed by atoms with E-state index in [0.717, 1.165) is 64.3 Å². The van der Waals surface area contributed by atoms with Gasteiger partial charge in [0.05, 0.1) is 26.4 Å². The third kappa shape index (κ3) is 26.8. The molecule has 0 aliphatic carbocycles. The molecule has 0 aliphatic heterocycles. The molecule has 0 atom stereocenters. The van der Waals surface area contributed by atoms with Gasteiger partial charge in [0.25, 0.3) is 0 Å². The van der Waals surface area contributed by atoms with Crippen molar-refractivity contribution in [3.63, 3.8) is 0 Å².